The summed E-state index contributed by atoms with van der Waals surface area (Å²) in [6.07, 6.45) is 6.37. The Hall–Kier alpha value is -0.380. The summed E-state index contributed by atoms with van der Waals surface area (Å²) < 4.78 is 0. The second kappa shape index (κ2) is 6.50. The molecule has 23 heavy (non-hydrogen) atoms. The molecular weight excluding hydrogens is 288 g/mol. The number of aliphatic hydroxyl groups is 3. The molecule has 2 fully saturated rings. The van der Waals surface area contributed by atoms with Gasteiger partial charge in [0, 0.05) is 0 Å². The van der Waals surface area contributed by atoms with Crippen molar-refractivity contribution < 1.29 is 15.3 Å². The maximum atomic E-state index is 10.4. The van der Waals surface area contributed by atoms with Gasteiger partial charge in [-0.1, -0.05) is 39.3 Å². The predicted molar refractivity (Wildman–Crippen MR) is 94.0 cm³/mol. The Balaban J connectivity index is 2.17. The van der Waals surface area contributed by atoms with Gasteiger partial charge in [0.15, 0.2) is 0 Å². The van der Waals surface area contributed by atoms with E-state index in [4.69, 9.17) is 5.11 Å². The molecule has 1 unspecified atom stereocenters. The molecule has 0 aliphatic heterocycles. The van der Waals surface area contributed by atoms with E-state index in [1.807, 2.05) is 0 Å². The zero-order valence-corrected chi connectivity index (χ0v) is 15.4. The Morgan fingerprint density at radius 2 is 1.96 bits per heavy atom. The summed E-state index contributed by atoms with van der Waals surface area (Å²) in [4.78, 5) is 0. The molecule has 3 N–H and O–H groups in total. The Labute approximate surface area is 141 Å². The van der Waals surface area contributed by atoms with Crippen LogP contribution in [-0.2, 0) is 0 Å². The smallest absolute Gasteiger partial charge is 0.105 e. The van der Waals surface area contributed by atoms with E-state index in [2.05, 4.69) is 27.4 Å². The van der Waals surface area contributed by atoms with E-state index in [9.17, 15) is 10.2 Å². The van der Waals surface area contributed by atoms with Crippen LogP contribution in [0.1, 0.15) is 72.6 Å². The Morgan fingerprint density at radius 3 is 2.57 bits per heavy atom. The molecule has 2 saturated carbocycles. The quantitative estimate of drug-likeness (QED) is 0.676. The van der Waals surface area contributed by atoms with Gasteiger partial charge in [0.1, 0.15) is 6.10 Å². The summed E-state index contributed by atoms with van der Waals surface area (Å²) in [5.41, 5.74) is 0.703. The Morgan fingerprint density at radius 1 is 1.30 bits per heavy atom. The second-order valence-electron chi connectivity index (χ2n) is 9.24. The van der Waals surface area contributed by atoms with E-state index in [-0.39, 0.29) is 5.41 Å². The van der Waals surface area contributed by atoms with Gasteiger partial charge in [-0.25, -0.2) is 0 Å². The van der Waals surface area contributed by atoms with Crippen molar-refractivity contribution in [1.29, 1.82) is 0 Å². The highest BCUT2D eigenvalue weighted by Crippen LogP contribution is 2.61. The molecule has 0 aromatic carbocycles. The van der Waals surface area contributed by atoms with Gasteiger partial charge >= 0.3 is 0 Å². The van der Waals surface area contributed by atoms with Crippen LogP contribution in [0, 0.1) is 22.7 Å². The molecule has 0 bridgehead atoms. The summed E-state index contributed by atoms with van der Waals surface area (Å²) in [7, 11) is 0. The molecule has 0 radical (unpaired) electrons. The van der Waals surface area contributed by atoms with Gasteiger partial charge in [0.05, 0.1) is 12.2 Å². The molecule has 0 heterocycles. The van der Waals surface area contributed by atoms with Gasteiger partial charge in [0.25, 0.3) is 0 Å². The lowest BCUT2D eigenvalue weighted by Gasteiger charge is -2.58. The van der Waals surface area contributed by atoms with Gasteiger partial charge in [-0.05, 0) is 68.1 Å². The highest BCUT2D eigenvalue weighted by molar-refractivity contribution is 5.16. The molecule has 2 aliphatic rings. The molecule has 3 nitrogen and oxygen atoms in total. The molecule has 2 rings (SSSR count). The van der Waals surface area contributed by atoms with Crippen molar-refractivity contribution in [3.05, 3.63) is 12.2 Å². The summed E-state index contributed by atoms with van der Waals surface area (Å²) in [6.45, 7) is 12.8. The lowest BCUT2D eigenvalue weighted by molar-refractivity contribution is -0.0997. The van der Waals surface area contributed by atoms with Gasteiger partial charge in [0.2, 0.25) is 0 Å². The zero-order valence-electron chi connectivity index (χ0n) is 15.4. The average molecular weight is 325 g/mol. The minimum atomic E-state index is -1.23. The van der Waals surface area contributed by atoms with Crippen molar-refractivity contribution in [2.24, 2.45) is 22.7 Å². The second-order valence-corrected chi connectivity index (χ2v) is 9.24. The molecule has 2 aliphatic carbocycles. The number of fused-ring (bicyclic) bond motifs is 1. The third-order valence-corrected chi connectivity index (χ3v) is 7.15. The molecule has 0 saturated heterocycles. The van der Waals surface area contributed by atoms with Crippen molar-refractivity contribution in [3.8, 4) is 0 Å². The minimum Gasteiger partial charge on any atom is -0.394 e. The highest BCUT2D eigenvalue weighted by Gasteiger charge is 2.52. The van der Waals surface area contributed by atoms with Crippen LogP contribution in [0.3, 0.4) is 0 Å². The Kier molecular flexibility index (Phi) is 5.35. The summed E-state index contributed by atoms with van der Waals surface area (Å²) in [5.74, 6) is 1.10. The van der Waals surface area contributed by atoms with Crippen LogP contribution in [0.5, 0.6) is 0 Å². The van der Waals surface area contributed by atoms with Crippen molar-refractivity contribution in [1.82, 2.24) is 0 Å². The van der Waals surface area contributed by atoms with E-state index in [0.717, 1.165) is 12.8 Å². The predicted octanol–water partition coefficient (Wildman–Crippen LogP) is 3.67. The van der Waals surface area contributed by atoms with Crippen LogP contribution >= 0.6 is 0 Å². The first-order valence-corrected chi connectivity index (χ1v) is 9.23. The zero-order chi connectivity index (χ0) is 17.5. The van der Waals surface area contributed by atoms with E-state index in [1.165, 1.54) is 31.3 Å². The van der Waals surface area contributed by atoms with Crippen LogP contribution in [0.15, 0.2) is 12.2 Å². The molecule has 0 spiro atoms. The molecule has 0 aromatic rings. The van der Waals surface area contributed by atoms with E-state index >= 15 is 0 Å². The lowest BCUT2D eigenvalue weighted by Crippen LogP contribution is -2.50. The number of hydrogen-bond acceptors (Lipinski definition) is 3. The van der Waals surface area contributed by atoms with Crippen LogP contribution in [-0.4, -0.2) is 33.6 Å². The van der Waals surface area contributed by atoms with Crippen molar-refractivity contribution in [2.75, 3.05) is 6.61 Å². The van der Waals surface area contributed by atoms with Gasteiger partial charge < -0.3 is 15.3 Å². The fourth-order valence-corrected chi connectivity index (χ4v) is 5.61. The molecular formula is C20H36O3. The molecule has 5 atom stereocenters. The standard InChI is InChI=1S/C20H36O3/c1-14-7-8-16-18(2,3)10-6-11-19(16,4)15(14)9-12-20(5,23)17(22)13-21/h15-17,21-23H,1,6-13H2,2-5H3/t15-,16-,17?,19+,20-/m0/s1. The first-order chi connectivity index (χ1) is 10.5. The van der Waals surface area contributed by atoms with E-state index in [1.54, 1.807) is 6.92 Å². The molecule has 0 aromatic heterocycles. The minimum absolute atomic E-state index is 0.247. The van der Waals surface area contributed by atoms with E-state index < -0.39 is 18.3 Å². The van der Waals surface area contributed by atoms with Gasteiger partial charge in [-0.2, -0.15) is 0 Å². The van der Waals surface area contributed by atoms with E-state index in [0.29, 0.717) is 23.7 Å². The van der Waals surface area contributed by atoms with Crippen molar-refractivity contribution in [2.45, 2.75) is 84.3 Å². The summed E-state index contributed by atoms with van der Waals surface area (Å²) in [6, 6.07) is 0. The third kappa shape index (κ3) is 3.52. The number of rotatable bonds is 5. The van der Waals surface area contributed by atoms with Crippen LogP contribution in [0.4, 0.5) is 0 Å². The van der Waals surface area contributed by atoms with Crippen molar-refractivity contribution >= 4 is 0 Å². The topological polar surface area (TPSA) is 60.7 Å². The number of aliphatic hydroxyl groups excluding tert-OH is 2. The SMILES string of the molecule is C=C1CC[C@H]2C(C)(C)CCC[C@]2(C)[C@H]1CC[C@](C)(O)C(O)CO. The normalized spacial score (nSPS) is 37.8. The Bertz CT molecular complexity index is 440. The summed E-state index contributed by atoms with van der Waals surface area (Å²) >= 11 is 0. The average Bonchev–Trinajstić information content (AvgIpc) is 2.44. The number of allylic oxidation sites excluding steroid dienone is 1. The first kappa shape index (κ1) is 19.0. The highest BCUT2D eigenvalue weighted by atomic mass is 16.4. The number of hydrogen-bond donors (Lipinski definition) is 3. The fraction of sp³-hybridized carbons (Fsp3) is 0.900. The molecule has 3 heteroatoms. The summed E-state index contributed by atoms with van der Waals surface area (Å²) in [5, 5.41) is 29.4. The van der Waals surface area contributed by atoms with Crippen LogP contribution in [0.25, 0.3) is 0 Å². The van der Waals surface area contributed by atoms with Gasteiger partial charge in [-0.3, -0.25) is 0 Å². The maximum Gasteiger partial charge on any atom is 0.105 e. The fourth-order valence-electron chi connectivity index (χ4n) is 5.61. The van der Waals surface area contributed by atoms with Crippen LogP contribution < -0.4 is 0 Å². The molecule has 0 amide bonds. The maximum absolute atomic E-state index is 10.4. The van der Waals surface area contributed by atoms with Crippen LogP contribution in [0.2, 0.25) is 0 Å². The lowest BCUT2D eigenvalue weighted by atomic mass is 9.47. The van der Waals surface area contributed by atoms with Crippen molar-refractivity contribution in [3.63, 3.8) is 0 Å². The first-order valence-electron chi connectivity index (χ1n) is 9.23. The molecule has 134 valence electrons. The van der Waals surface area contributed by atoms with Gasteiger partial charge in [-0.15, -0.1) is 0 Å². The largest absolute Gasteiger partial charge is 0.394 e. The monoisotopic (exact) mass is 324 g/mol. The third-order valence-electron chi connectivity index (χ3n) is 7.15.